The van der Waals surface area contributed by atoms with Crippen LogP contribution in [0.3, 0.4) is 0 Å². The summed E-state index contributed by atoms with van der Waals surface area (Å²) in [5.74, 6) is -0.255. The smallest absolute Gasteiger partial charge is 0.234 e. The van der Waals surface area contributed by atoms with Crippen LogP contribution in [-0.4, -0.2) is 34.2 Å². The minimum Gasteiger partial charge on any atom is -0.494 e. The van der Waals surface area contributed by atoms with Gasteiger partial charge < -0.3 is 10.1 Å². The van der Waals surface area contributed by atoms with Crippen LogP contribution < -0.4 is 10.1 Å². The van der Waals surface area contributed by atoms with Gasteiger partial charge in [0.25, 0.3) is 0 Å². The molecule has 0 radical (unpaired) electrons. The Morgan fingerprint density at radius 1 is 1.14 bits per heavy atom. The molecular formula is C27H24BrN3O4S. The fourth-order valence-electron chi connectivity index (χ4n) is 5.84. The van der Waals surface area contributed by atoms with Gasteiger partial charge in [-0.2, -0.15) is 0 Å². The quantitative estimate of drug-likeness (QED) is 0.309. The summed E-state index contributed by atoms with van der Waals surface area (Å²) in [6, 6.07) is 12.4. The molecule has 2 fully saturated rings. The number of halogens is 1. The van der Waals surface area contributed by atoms with Gasteiger partial charge in [0.15, 0.2) is 5.13 Å². The number of hydrogen-bond acceptors (Lipinski definition) is 6. The highest BCUT2D eigenvalue weighted by Crippen LogP contribution is 2.54. The van der Waals surface area contributed by atoms with E-state index >= 15 is 0 Å². The molecule has 1 saturated heterocycles. The third-order valence-electron chi connectivity index (χ3n) is 7.37. The van der Waals surface area contributed by atoms with Crippen LogP contribution in [0.5, 0.6) is 5.75 Å². The summed E-state index contributed by atoms with van der Waals surface area (Å²) in [6.45, 7) is 2.49. The molecule has 1 aromatic heterocycles. The lowest BCUT2D eigenvalue weighted by molar-refractivity contribution is -0.144. The van der Waals surface area contributed by atoms with E-state index in [0.29, 0.717) is 11.7 Å². The summed E-state index contributed by atoms with van der Waals surface area (Å²) >= 11 is 4.80. The maximum atomic E-state index is 13.5. The maximum Gasteiger partial charge on any atom is 0.234 e. The number of likely N-dealkylation sites (tertiary alicyclic amines) is 1. The molecule has 184 valence electrons. The number of aromatic nitrogens is 1. The molecule has 2 heterocycles. The zero-order chi connectivity index (χ0) is 25.0. The van der Waals surface area contributed by atoms with Gasteiger partial charge in [0.05, 0.1) is 41.1 Å². The van der Waals surface area contributed by atoms with Crippen molar-refractivity contribution in [3.05, 3.63) is 64.7 Å². The molecule has 1 saturated carbocycles. The number of nitrogens with one attached hydrogen (secondary N) is 1. The molecule has 2 aliphatic carbocycles. The summed E-state index contributed by atoms with van der Waals surface area (Å²) < 4.78 is 7.34. The molecular weight excluding hydrogens is 542 g/mol. The van der Waals surface area contributed by atoms with Gasteiger partial charge in [-0.1, -0.05) is 51.6 Å². The Labute approximate surface area is 220 Å². The van der Waals surface area contributed by atoms with Crippen molar-refractivity contribution in [2.45, 2.75) is 25.8 Å². The van der Waals surface area contributed by atoms with E-state index in [1.54, 1.807) is 0 Å². The van der Waals surface area contributed by atoms with Crippen LogP contribution in [0.1, 0.15) is 31.4 Å². The number of thiazole rings is 1. The molecule has 36 heavy (non-hydrogen) atoms. The highest BCUT2D eigenvalue weighted by molar-refractivity contribution is 9.10. The Bertz CT molecular complexity index is 1370. The number of hydrogen-bond donors (Lipinski definition) is 1. The largest absolute Gasteiger partial charge is 0.494 e. The van der Waals surface area contributed by atoms with Gasteiger partial charge in [-0.3, -0.25) is 19.3 Å². The molecule has 2 aromatic carbocycles. The van der Waals surface area contributed by atoms with Crippen LogP contribution in [0.15, 0.2) is 59.1 Å². The second-order valence-corrected chi connectivity index (χ2v) is 11.4. The second kappa shape index (κ2) is 9.12. The summed E-state index contributed by atoms with van der Waals surface area (Å²) in [5.41, 5.74) is 1.52. The topological polar surface area (TPSA) is 88.6 Å². The van der Waals surface area contributed by atoms with Crippen molar-refractivity contribution in [2.75, 3.05) is 11.9 Å². The van der Waals surface area contributed by atoms with E-state index < -0.39 is 6.04 Å². The Balaban J connectivity index is 1.26. The fraction of sp³-hybridized carbons (Fsp3) is 0.333. The van der Waals surface area contributed by atoms with Crippen molar-refractivity contribution in [2.24, 2.45) is 23.7 Å². The number of allylic oxidation sites excluding steroid dienone is 2. The molecule has 7 nitrogen and oxygen atoms in total. The van der Waals surface area contributed by atoms with Crippen molar-refractivity contribution in [3.63, 3.8) is 0 Å². The van der Waals surface area contributed by atoms with Gasteiger partial charge in [-0.05, 0) is 61.1 Å². The summed E-state index contributed by atoms with van der Waals surface area (Å²) in [7, 11) is 0. The third kappa shape index (κ3) is 3.94. The van der Waals surface area contributed by atoms with Crippen LogP contribution in [0, 0.1) is 23.7 Å². The van der Waals surface area contributed by atoms with Gasteiger partial charge in [0.1, 0.15) is 5.75 Å². The van der Waals surface area contributed by atoms with E-state index in [1.807, 2.05) is 49.4 Å². The first kappa shape index (κ1) is 23.4. The SMILES string of the molecule is CCOc1ccc2nc(NC(=O)CC(c3ccc(Br)cc3)N3C(=O)C4C5C=CC(C5)C4C3=O)sc2c1. The number of nitrogens with zero attached hydrogens (tertiary/aromatic N) is 2. The van der Waals surface area contributed by atoms with Crippen molar-refractivity contribution in [1.29, 1.82) is 0 Å². The van der Waals surface area contributed by atoms with Gasteiger partial charge in [-0.25, -0.2) is 4.98 Å². The number of rotatable bonds is 7. The van der Waals surface area contributed by atoms with E-state index in [2.05, 4.69) is 38.4 Å². The van der Waals surface area contributed by atoms with Crippen molar-refractivity contribution >= 4 is 60.3 Å². The zero-order valence-electron chi connectivity index (χ0n) is 19.5. The number of imide groups is 1. The highest BCUT2D eigenvalue weighted by Gasteiger charge is 2.60. The first-order chi connectivity index (χ1) is 17.4. The number of ether oxygens (including phenoxy) is 1. The van der Waals surface area contributed by atoms with E-state index in [0.717, 1.165) is 32.4 Å². The number of carbonyl (C=O) groups excluding carboxylic acids is 3. The minimum atomic E-state index is -0.679. The van der Waals surface area contributed by atoms with Crippen molar-refractivity contribution < 1.29 is 19.1 Å². The average molecular weight is 566 g/mol. The van der Waals surface area contributed by atoms with E-state index in [-0.39, 0.29) is 47.8 Å². The van der Waals surface area contributed by atoms with Gasteiger partial charge in [0, 0.05) is 4.47 Å². The van der Waals surface area contributed by atoms with Gasteiger partial charge in [-0.15, -0.1) is 0 Å². The number of carbonyl (C=O) groups is 3. The number of amides is 3. The van der Waals surface area contributed by atoms with Crippen molar-refractivity contribution in [3.8, 4) is 5.75 Å². The Morgan fingerprint density at radius 3 is 2.50 bits per heavy atom. The van der Waals surface area contributed by atoms with Crippen molar-refractivity contribution in [1.82, 2.24) is 9.88 Å². The lowest BCUT2D eigenvalue weighted by Gasteiger charge is -2.28. The van der Waals surface area contributed by atoms with Crippen LogP contribution in [0.25, 0.3) is 10.2 Å². The normalized spacial score (nSPS) is 25.0. The predicted octanol–water partition coefficient (Wildman–Crippen LogP) is 5.33. The van der Waals surface area contributed by atoms with Gasteiger partial charge >= 0.3 is 0 Å². The highest BCUT2D eigenvalue weighted by atomic mass is 79.9. The first-order valence-electron chi connectivity index (χ1n) is 12.1. The van der Waals surface area contributed by atoms with Gasteiger partial charge in [0.2, 0.25) is 17.7 Å². The maximum absolute atomic E-state index is 13.5. The number of anilines is 1. The number of benzene rings is 2. The zero-order valence-corrected chi connectivity index (χ0v) is 21.9. The molecule has 3 amide bonds. The van der Waals surface area contributed by atoms with E-state index in [9.17, 15) is 14.4 Å². The van der Waals surface area contributed by atoms with Crippen LogP contribution >= 0.6 is 27.3 Å². The lowest BCUT2D eigenvalue weighted by Crippen LogP contribution is -2.38. The summed E-state index contributed by atoms with van der Waals surface area (Å²) in [4.78, 5) is 46.1. The molecule has 5 unspecified atom stereocenters. The van der Waals surface area contributed by atoms with Crippen LogP contribution in [0.2, 0.25) is 0 Å². The average Bonchev–Trinajstić information content (AvgIpc) is 3.62. The minimum absolute atomic E-state index is 0.0402. The Morgan fingerprint density at radius 2 is 1.83 bits per heavy atom. The molecule has 1 aliphatic heterocycles. The predicted molar refractivity (Wildman–Crippen MR) is 140 cm³/mol. The second-order valence-electron chi connectivity index (χ2n) is 9.45. The van der Waals surface area contributed by atoms with E-state index in [1.165, 1.54) is 16.2 Å². The molecule has 2 bridgehead atoms. The molecule has 5 atom stereocenters. The molecule has 1 N–H and O–H groups in total. The van der Waals surface area contributed by atoms with E-state index in [4.69, 9.17) is 4.74 Å². The summed E-state index contributed by atoms with van der Waals surface area (Å²) in [6.07, 6.45) is 4.98. The Hall–Kier alpha value is -3.04. The molecule has 3 aromatic rings. The molecule has 6 rings (SSSR count). The summed E-state index contributed by atoms with van der Waals surface area (Å²) in [5, 5.41) is 3.35. The molecule has 3 aliphatic rings. The monoisotopic (exact) mass is 565 g/mol. The lowest BCUT2D eigenvalue weighted by atomic mass is 9.85. The fourth-order valence-corrected chi connectivity index (χ4v) is 7.01. The standard InChI is InChI=1S/C27H24BrN3O4S/c1-2-35-18-9-10-19-21(12-18)36-27(29-19)30-22(32)13-20(14-5-7-17(28)8-6-14)31-25(33)23-15-3-4-16(11-15)24(23)26(31)34/h3-10,12,15-16,20,23-24H,2,11,13H2,1H3,(H,29,30,32). The first-order valence-corrected chi connectivity index (χ1v) is 13.7. The van der Waals surface area contributed by atoms with Crippen LogP contribution in [-0.2, 0) is 14.4 Å². The van der Waals surface area contributed by atoms with Crippen LogP contribution in [0.4, 0.5) is 5.13 Å². The molecule has 9 heteroatoms. The number of fused-ring (bicyclic) bond motifs is 6. The third-order valence-corrected chi connectivity index (χ3v) is 8.83. The molecule has 0 spiro atoms. The Kier molecular flexibility index (Phi) is 5.92.